The lowest BCUT2D eigenvalue weighted by molar-refractivity contribution is -0.115. The Kier molecular flexibility index (Phi) is 8.36. The smallest absolute Gasteiger partial charge is 0.225 e. The molecule has 6 rings (SSSR count). The van der Waals surface area contributed by atoms with Crippen molar-refractivity contribution in [2.24, 2.45) is 0 Å². The number of amides is 1. The minimum atomic E-state index is -0.158. The number of thioether (sulfide) groups is 1. The second-order valence-electron chi connectivity index (χ2n) is 9.78. The number of hydrogen-bond acceptors (Lipinski definition) is 9. The molecule has 0 bridgehead atoms. The molecule has 2 aromatic heterocycles. The maximum atomic E-state index is 13.0. The highest BCUT2D eigenvalue weighted by molar-refractivity contribution is 7.99. The van der Waals surface area contributed by atoms with Crippen LogP contribution in [0.25, 0.3) is 33.0 Å². The van der Waals surface area contributed by atoms with E-state index in [1.807, 2.05) is 60.7 Å². The largest absolute Gasteiger partial charge is 0.497 e. The first-order valence-corrected chi connectivity index (χ1v) is 15.5. The molecule has 0 saturated heterocycles. The Morgan fingerprint density at radius 3 is 2.28 bits per heavy atom. The van der Waals surface area contributed by atoms with Crippen molar-refractivity contribution in [2.45, 2.75) is 24.4 Å². The molecule has 8 nitrogen and oxygen atoms in total. The Morgan fingerprint density at radius 2 is 1.60 bits per heavy atom. The molecule has 1 aliphatic carbocycles. The Bertz CT molecular complexity index is 1830. The van der Waals surface area contributed by atoms with Crippen LogP contribution in [0.1, 0.15) is 23.1 Å². The average molecular weight is 606 g/mol. The molecular weight excluding hydrogens is 579 g/mol. The van der Waals surface area contributed by atoms with E-state index in [0.29, 0.717) is 32.9 Å². The molecule has 0 saturated carbocycles. The van der Waals surface area contributed by atoms with Gasteiger partial charge < -0.3 is 14.8 Å². The first-order chi connectivity index (χ1) is 21.1. The molecule has 5 aromatic rings. The molecule has 1 aliphatic rings. The van der Waals surface area contributed by atoms with Crippen LogP contribution in [0.2, 0.25) is 0 Å². The minimum absolute atomic E-state index is 0.158. The third-order valence-corrected chi connectivity index (χ3v) is 9.25. The highest BCUT2D eigenvalue weighted by Gasteiger charge is 2.25. The number of methoxy groups -OCH3 is 2. The summed E-state index contributed by atoms with van der Waals surface area (Å²) in [4.78, 5) is 18.9. The zero-order valence-electron chi connectivity index (χ0n) is 23.6. The predicted octanol–water partition coefficient (Wildman–Crippen LogP) is 7.04. The van der Waals surface area contributed by atoms with Gasteiger partial charge in [-0.2, -0.15) is 5.26 Å². The Morgan fingerprint density at radius 1 is 0.930 bits per heavy atom. The third kappa shape index (κ3) is 5.95. The summed E-state index contributed by atoms with van der Waals surface area (Å²) in [6.45, 7) is 0. The van der Waals surface area contributed by atoms with Crippen molar-refractivity contribution < 1.29 is 14.3 Å². The molecule has 214 valence electrons. The average Bonchev–Trinajstić information content (AvgIpc) is 3.42. The van der Waals surface area contributed by atoms with Crippen molar-refractivity contribution in [2.75, 3.05) is 25.3 Å². The molecule has 43 heavy (non-hydrogen) atoms. The van der Waals surface area contributed by atoms with E-state index in [9.17, 15) is 10.1 Å². The Balaban J connectivity index is 1.18. The van der Waals surface area contributed by atoms with Crippen LogP contribution < -0.4 is 14.8 Å². The lowest BCUT2D eigenvalue weighted by Gasteiger charge is -2.15. The van der Waals surface area contributed by atoms with E-state index in [1.165, 1.54) is 28.7 Å². The van der Waals surface area contributed by atoms with Gasteiger partial charge in [-0.25, -0.2) is 4.98 Å². The molecule has 0 atom stereocenters. The zero-order valence-corrected chi connectivity index (χ0v) is 25.2. The molecule has 3 aromatic carbocycles. The predicted molar refractivity (Wildman–Crippen MR) is 170 cm³/mol. The van der Waals surface area contributed by atoms with Gasteiger partial charge in [-0.05, 0) is 78.1 Å². The number of nitrogens with zero attached hydrogens (tertiary/aromatic N) is 4. The molecule has 1 N–H and O–H groups in total. The van der Waals surface area contributed by atoms with Gasteiger partial charge in [-0.3, -0.25) is 4.79 Å². The molecule has 0 unspecified atom stereocenters. The standard InChI is InChI=1S/C33H27N5O3S2/c1-40-23-12-7-21(8-13-23)29-30(22-9-14-24(41-2)15-10-22)37-38-33(36-29)42-18-17-28(39)35-32-27(19-34)26-16-11-20-5-3-4-6-25(20)31(26)43-32/h3-10,12-15H,11,16-18H2,1-2H3,(H,35,39). The number of ether oxygens (including phenoxy) is 2. The molecule has 1 amide bonds. The quantitative estimate of drug-likeness (QED) is 0.178. The van der Waals surface area contributed by atoms with Crippen molar-refractivity contribution in [3.8, 4) is 50.5 Å². The van der Waals surface area contributed by atoms with Gasteiger partial charge in [-0.1, -0.05) is 36.0 Å². The van der Waals surface area contributed by atoms with Crippen molar-refractivity contribution in [1.82, 2.24) is 15.2 Å². The first-order valence-electron chi connectivity index (χ1n) is 13.7. The fourth-order valence-electron chi connectivity index (χ4n) is 5.04. The fraction of sp³-hybridized carbons (Fsp3) is 0.182. The van der Waals surface area contributed by atoms with Gasteiger partial charge in [0.15, 0.2) is 0 Å². The second kappa shape index (κ2) is 12.7. The molecule has 0 spiro atoms. The van der Waals surface area contributed by atoms with Gasteiger partial charge in [0.1, 0.15) is 34.0 Å². The number of anilines is 1. The summed E-state index contributed by atoms with van der Waals surface area (Å²) >= 11 is 2.84. The van der Waals surface area contributed by atoms with Crippen LogP contribution in [0.5, 0.6) is 11.5 Å². The summed E-state index contributed by atoms with van der Waals surface area (Å²) in [6.07, 6.45) is 1.92. The number of carbonyl (C=O) groups is 1. The van der Waals surface area contributed by atoms with Crippen LogP contribution in [0.4, 0.5) is 5.00 Å². The normalized spacial score (nSPS) is 11.7. The summed E-state index contributed by atoms with van der Waals surface area (Å²) in [5.41, 5.74) is 7.07. The van der Waals surface area contributed by atoms with Gasteiger partial charge >= 0.3 is 0 Å². The lowest BCUT2D eigenvalue weighted by atomic mass is 9.90. The molecule has 0 radical (unpaired) electrons. The van der Waals surface area contributed by atoms with Crippen molar-refractivity contribution in [1.29, 1.82) is 5.26 Å². The number of aryl methyl sites for hydroxylation is 1. The number of nitriles is 1. The zero-order chi connectivity index (χ0) is 29.8. The summed E-state index contributed by atoms with van der Waals surface area (Å²) in [5.74, 6) is 1.78. The van der Waals surface area contributed by atoms with Crippen LogP contribution in [-0.4, -0.2) is 41.1 Å². The summed E-state index contributed by atoms with van der Waals surface area (Å²) in [5, 5.41) is 22.9. The van der Waals surface area contributed by atoms with Gasteiger partial charge in [0.05, 0.1) is 19.8 Å². The van der Waals surface area contributed by atoms with Crippen LogP contribution >= 0.6 is 23.1 Å². The van der Waals surface area contributed by atoms with E-state index in [0.717, 1.165) is 51.5 Å². The SMILES string of the molecule is COc1ccc(-c2nnc(SCCC(=O)Nc3sc4c(c3C#N)CCc3ccccc3-4)nc2-c2ccc(OC)cc2)cc1. The summed E-state index contributed by atoms with van der Waals surface area (Å²) < 4.78 is 10.6. The van der Waals surface area contributed by atoms with Gasteiger partial charge in [0.25, 0.3) is 0 Å². The van der Waals surface area contributed by atoms with Crippen LogP contribution in [0.15, 0.2) is 78.0 Å². The number of fused-ring (bicyclic) bond motifs is 3. The Labute approximate surface area is 257 Å². The van der Waals surface area contributed by atoms with E-state index >= 15 is 0 Å². The first kappa shape index (κ1) is 28.4. The monoisotopic (exact) mass is 605 g/mol. The van der Waals surface area contributed by atoms with E-state index in [4.69, 9.17) is 14.5 Å². The van der Waals surface area contributed by atoms with Gasteiger partial charge in [0.2, 0.25) is 11.1 Å². The maximum Gasteiger partial charge on any atom is 0.225 e. The number of carbonyl (C=O) groups excluding carboxylic acids is 1. The number of hydrogen-bond donors (Lipinski definition) is 1. The van der Waals surface area contributed by atoms with E-state index in [1.54, 1.807) is 14.2 Å². The second-order valence-corrected chi connectivity index (χ2v) is 11.9. The van der Waals surface area contributed by atoms with Crippen LogP contribution in [-0.2, 0) is 17.6 Å². The molecule has 2 heterocycles. The van der Waals surface area contributed by atoms with Gasteiger partial charge in [0, 0.05) is 28.2 Å². The summed E-state index contributed by atoms with van der Waals surface area (Å²) in [6, 6.07) is 25.8. The van der Waals surface area contributed by atoms with E-state index in [-0.39, 0.29) is 12.3 Å². The van der Waals surface area contributed by atoms with Crippen molar-refractivity contribution in [3.05, 3.63) is 89.5 Å². The molecule has 0 aliphatic heterocycles. The number of benzene rings is 3. The fourth-order valence-corrected chi connectivity index (χ4v) is 7.04. The maximum absolute atomic E-state index is 13.0. The highest BCUT2D eigenvalue weighted by atomic mass is 32.2. The highest BCUT2D eigenvalue weighted by Crippen LogP contribution is 2.44. The van der Waals surface area contributed by atoms with Crippen molar-refractivity contribution >= 4 is 34.0 Å². The van der Waals surface area contributed by atoms with Crippen LogP contribution in [0.3, 0.4) is 0 Å². The molecular formula is C33H27N5O3S2. The van der Waals surface area contributed by atoms with E-state index < -0.39 is 0 Å². The summed E-state index contributed by atoms with van der Waals surface area (Å²) in [7, 11) is 3.25. The number of aromatic nitrogens is 3. The number of rotatable bonds is 9. The topological polar surface area (TPSA) is 110 Å². The van der Waals surface area contributed by atoms with Gasteiger partial charge in [-0.15, -0.1) is 21.5 Å². The Hall–Kier alpha value is -4.72. The molecule has 10 heteroatoms. The van der Waals surface area contributed by atoms with E-state index in [2.05, 4.69) is 33.7 Å². The van der Waals surface area contributed by atoms with Crippen LogP contribution in [0, 0.1) is 11.3 Å². The number of thiophene rings is 1. The molecule has 0 fully saturated rings. The number of nitrogens with one attached hydrogen (secondary N) is 1. The lowest BCUT2D eigenvalue weighted by Crippen LogP contribution is -2.12. The minimum Gasteiger partial charge on any atom is -0.497 e. The third-order valence-electron chi connectivity index (χ3n) is 7.23. The van der Waals surface area contributed by atoms with Crippen molar-refractivity contribution in [3.63, 3.8) is 0 Å².